The largest absolute Gasteiger partial charge is 0.394 e. The van der Waals surface area contributed by atoms with E-state index < -0.39 is 34.3 Å². The highest BCUT2D eigenvalue weighted by Crippen LogP contribution is 2.35. The van der Waals surface area contributed by atoms with Crippen LogP contribution in [0.3, 0.4) is 0 Å². The second-order valence-corrected chi connectivity index (χ2v) is 9.77. The minimum absolute atomic E-state index is 0.157. The summed E-state index contributed by atoms with van der Waals surface area (Å²) in [6.45, 7) is 0.810. The number of aliphatic hydroxyl groups excluding tert-OH is 1. The highest BCUT2D eigenvalue weighted by Gasteiger charge is 2.31. The smallest absolute Gasteiger partial charge is 0.276 e. The topological polar surface area (TPSA) is 150 Å². The average Bonchev–Trinajstić information content (AvgIpc) is 2.98. The normalized spacial score (nSPS) is 14.4. The number of carbonyl (C=O) groups excluding carboxylic acids is 1. The molecule has 0 aliphatic carbocycles. The van der Waals surface area contributed by atoms with E-state index in [2.05, 4.69) is 21.5 Å². The van der Waals surface area contributed by atoms with Crippen molar-refractivity contribution in [2.24, 2.45) is 5.73 Å². The van der Waals surface area contributed by atoms with Gasteiger partial charge in [-0.1, -0.05) is 12.1 Å². The second-order valence-electron chi connectivity index (χ2n) is 9.77. The maximum Gasteiger partial charge on any atom is 0.276 e. The zero-order chi connectivity index (χ0) is 29.1. The molecular weight excluding hydrogens is 532 g/mol. The van der Waals surface area contributed by atoms with E-state index in [9.17, 15) is 28.7 Å². The molecule has 5 rings (SSSR count). The summed E-state index contributed by atoms with van der Waals surface area (Å²) in [6, 6.07) is 14.3. The molecule has 0 atom stereocenters. The van der Waals surface area contributed by atoms with Gasteiger partial charge in [0.1, 0.15) is 11.4 Å². The van der Waals surface area contributed by atoms with Crippen LogP contribution in [0.2, 0.25) is 0 Å². The Kier molecular flexibility index (Phi) is 7.56. The molecular formula is C29H25F2N7O3. The number of aromatic nitrogens is 3. The van der Waals surface area contributed by atoms with Gasteiger partial charge in [-0.3, -0.25) is 14.6 Å². The molecule has 41 heavy (non-hydrogen) atoms. The first-order valence-corrected chi connectivity index (χ1v) is 12.7. The van der Waals surface area contributed by atoms with E-state index in [1.54, 1.807) is 24.4 Å². The minimum Gasteiger partial charge on any atom is -0.394 e. The quantitative estimate of drug-likeness (QED) is 0.328. The number of carbonyl (C=O) groups is 1. The molecule has 208 valence electrons. The molecule has 2 aromatic heterocycles. The predicted octanol–water partition coefficient (Wildman–Crippen LogP) is 2.99. The number of piperidine rings is 1. The Labute approximate surface area is 233 Å². The van der Waals surface area contributed by atoms with Gasteiger partial charge < -0.3 is 21.1 Å². The molecule has 1 aliphatic rings. The van der Waals surface area contributed by atoms with Gasteiger partial charge in [-0.05, 0) is 54.8 Å². The van der Waals surface area contributed by atoms with Crippen molar-refractivity contribution in [1.29, 1.82) is 5.26 Å². The molecule has 4 N–H and O–H groups in total. The fraction of sp³-hybridized carbons (Fsp3) is 0.207. The number of anilines is 2. The third kappa shape index (κ3) is 5.54. The van der Waals surface area contributed by atoms with Crippen LogP contribution in [-0.2, 0) is 0 Å². The number of benzene rings is 2. The first-order chi connectivity index (χ1) is 19.7. The van der Waals surface area contributed by atoms with Crippen molar-refractivity contribution in [1.82, 2.24) is 14.8 Å². The molecule has 10 nitrogen and oxygen atoms in total. The molecule has 1 amide bonds. The number of nitriles is 1. The number of nitrogens with one attached hydrogen (secondary N) is 1. The molecule has 0 bridgehead atoms. The highest BCUT2D eigenvalue weighted by atomic mass is 19.1. The summed E-state index contributed by atoms with van der Waals surface area (Å²) < 4.78 is 29.3. The standard InChI is InChI=1S/C29H25F2N7O3/c30-21-2-1-3-22(31)27(21)38-26(40)7-6-24(36-38)28(41)35-23-5-4-18(20-16-34-11-8-19(20)15-32)14-25(23)37-12-9-29(33,17-39)10-13-37/h1-8,11,14,16,39H,9-10,12-13,17,33H2,(H,35,41). The Morgan fingerprint density at radius 1 is 1.12 bits per heavy atom. The third-order valence-electron chi connectivity index (χ3n) is 7.10. The second kappa shape index (κ2) is 11.2. The summed E-state index contributed by atoms with van der Waals surface area (Å²) in [7, 11) is 0. The van der Waals surface area contributed by atoms with Crippen LogP contribution in [0.4, 0.5) is 20.2 Å². The van der Waals surface area contributed by atoms with E-state index in [0.717, 1.165) is 24.3 Å². The van der Waals surface area contributed by atoms with Gasteiger partial charge in [0.25, 0.3) is 11.5 Å². The van der Waals surface area contributed by atoms with Crippen LogP contribution in [0, 0.1) is 23.0 Å². The minimum atomic E-state index is -1.01. The van der Waals surface area contributed by atoms with Crippen molar-refractivity contribution < 1.29 is 18.7 Å². The number of hydrogen-bond acceptors (Lipinski definition) is 8. The monoisotopic (exact) mass is 557 g/mol. The van der Waals surface area contributed by atoms with E-state index >= 15 is 0 Å². The van der Waals surface area contributed by atoms with E-state index in [1.807, 2.05) is 11.0 Å². The number of aliphatic hydroxyl groups is 1. The number of nitrogens with two attached hydrogens (primary N) is 1. The van der Waals surface area contributed by atoms with Crippen LogP contribution < -0.4 is 21.5 Å². The first-order valence-electron chi connectivity index (χ1n) is 12.7. The van der Waals surface area contributed by atoms with Gasteiger partial charge in [0, 0.05) is 42.7 Å². The van der Waals surface area contributed by atoms with E-state index in [-0.39, 0.29) is 12.3 Å². The summed E-state index contributed by atoms with van der Waals surface area (Å²) in [5, 5.41) is 26.0. The van der Waals surface area contributed by atoms with Crippen molar-refractivity contribution >= 4 is 17.3 Å². The average molecular weight is 558 g/mol. The van der Waals surface area contributed by atoms with Crippen LogP contribution >= 0.6 is 0 Å². The first kappa shape index (κ1) is 27.6. The Balaban J connectivity index is 1.52. The predicted molar refractivity (Wildman–Crippen MR) is 148 cm³/mol. The van der Waals surface area contributed by atoms with Crippen molar-refractivity contribution in [3.8, 4) is 22.9 Å². The molecule has 3 heterocycles. The summed E-state index contributed by atoms with van der Waals surface area (Å²) in [4.78, 5) is 31.9. The fourth-order valence-electron chi connectivity index (χ4n) is 4.71. The van der Waals surface area contributed by atoms with Crippen LogP contribution in [0.5, 0.6) is 0 Å². The van der Waals surface area contributed by atoms with Gasteiger partial charge in [-0.2, -0.15) is 15.0 Å². The number of para-hydroxylation sites is 1. The van der Waals surface area contributed by atoms with Crippen molar-refractivity contribution in [2.75, 3.05) is 29.9 Å². The van der Waals surface area contributed by atoms with E-state index in [1.165, 1.54) is 12.3 Å². The zero-order valence-electron chi connectivity index (χ0n) is 21.7. The molecule has 0 spiro atoms. The zero-order valence-corrected chi connectivity index (χ0v) is 21.7. The van der Waals surface area contributed by atoms with Crippen LogP contribution in [0.15, 0.2) is 71.8 Å². The number of nitrogens with zero attached hydrogens (tertiary/aromatic N) is 5. The Hall–Kier alpha value is -4.99. The van der Waals surface area contributed by atoms with E-state index in [4.69, 9.17) is 5.73 Å². The maximum atomic E-state index is 14.4. The molecule has 0 radical (unpaired) electrons. The lowest BCUT2D eigenvalue weighted by Crippen LogP contribution is -2.53. The molecule has 0 saturated carbocycles. The Morgan fingerprint density at radius 3 is 2.54 bits per heavy atom. The number of pyridine rings is 1. The van der Waals surface area contributed by atoms with Crippen LogP contribution in [0.1, 0.15) is 28.9 Å². The fourth-order valence-corrected chi connectivity index (χ4v) is 4.71. The van der Waals surface area contributed by atoms with Crippen LogP contribution in [0.25, 0.3) is 16.8 Å². The Bertz CT molecular complexity index is 1710. The molecule has 0 unspecified atom stereocenters. The van der Waals surface area contributed by atoms with Crippen molar-refractivity contribution in [2.45, 2.75) is 18.4 Å². The van der Waals surface area contributed by atoms with Crippen molar-refractivity contribution in [3.05, 3.63) is 100 Å². The number of halogens is 2. The molecule has 12 heteroatoms. The molecule has 1 fully saturated rings. The van der Waals surface area contributed by atoms with Gasteiger partial charge in [0.15, 0.2) is 11.6 Å². The summed E-state index contributed by atoms with van der Waals surface area (Å²) in [5.41, 5.74) is 6.54. The van der Waals surface area contributed by atoms with Crippen LogP contribution in [-0.4, -0.2) is 51.0 Å². The maximum absolute atomic E-state index is 14.4. The van der Waals surface area contributed by atoms with Gasteiger partial charge in [-0.15, -0.1) is 0 Å². The Morgan fingerprint density at radius 2 is 1.85 bits per heavy atom. The van der Waals surface area contributed by atoms with Crippen molar-refractivity contribution in [3.63, 3.8) is 0 Å². The lowest BCUT2D eigenvalue weighted by Gasteiger charge is -2.40. The van der Waals surface area contributed by atoms with Gasteiger partial charge in [0.05, 0.1) is 29.6 Å². The lowest BCUT2D eigenvalue weighted by atomic mass is 9.89. The van der Waals surface area contributed by atoms with Gasteiger partial charge >= 0.3 is 0 Å². The summed E-state index contributed by atoms with van der Waals surface area (Å²) in [5.74, 6) is -2.73. The number of amides is 1. The molecule has 1 saturated heterocycles. The molecule has 4 aromatic rings. The third-order valence-corrected chi connectivity index (χ3v) is 7.10. The molecule has 2 aromatic carbocycles. The summed E-state index contributed by atoms with van der Waals surface area (Å²) >= 11 is 0. The van der Waals surface area contributed by atoms with Gasteiger partial charge in [-0.25, -0.2) is 8.78 Å². The van der Waals surface area contributed by atoms with E-state index in [0.29, 0.717) is 58.7 Å². The summed E-state index contributed by atoms with van der Waals surface area (Å²) in [6.07, 6.45) is 4.10. The lowest BCUT2D eigenvalue weighted by molar-refractivity contribution is 0.102. The SMILES string of the molecule is N#Cc1ccncc1-c1ccc(NC(=O)c2ccc(=O)n(-c3c(F)cccc3F)n2)c(N2CCC(N)(CO)CC2)c1. The number of rotatable bonds is 6. The highest BCUT2D eigenvalue weighted by molar-refractivity contribution is 6.05. The number of hydrogen-bond donors (Lipinski definition) is 3. The van der Waals surface area contributed by atoms with Gasteiger partial charge in [0.2, 0.25) is 0 Å². The molecule has 1 aliphatic heterocycles.